The maximum Gasteiger partial charge on any atom is 0.174 e. The van der Waals surface area contributed by atoms with Gasteiger partial charge in [0.15, 0.2) is 17.3 Å². The highest BCUT2D eigenvalue weighted by Gasteiger charge is 2.21. The minimum absolute atomic E-state index is 0.0550. The molecule has 0 bridgehead atoms. The molecule has 3 nitrogen and oxygen atoms in total. The molecule has 0 fully saturated rings. The van der Waals surface area contributed by atoms with Crippen molar-refractivity contribution in [2.45, 2.75) is 16.6 Å². The number of thioether (sulfide) groups is 1. The van der Waals surface area contributed by atoms with Gasteiger partial charge in [-0.05, 0) is 53.4 Å². The Hall–Kier alpha value is -1.95. The lowest BCUT2D eigenvalue weighted by atomic mass is 10.1. The molecule has 1 heterocycles. The summed E-state index contributed by atoms with van der Waals surface area (Å²) in [5.74, 6) is 1.45. The number of ketones is 1. The van der Waals surface area contributed by atoms with E-state index in [0.29, 0.717) is 22.9 Å². The lowest BCUT2D eigenvalue weighted by Crippen LogP contribution is -2.04. The third kappa shape index (κ3) is 5.06. The first-order chi connectivity index (χ1) is 13.1. The van der Waals surface area contributed by atoms with Crippen LogP contribution in [0.4, 0.5) is 0 Å². The molecule has 0 N–H and O–H groups in total. The summed E-state index contributed by atoms with van der Waals surface area (Å²) in [7, 11) is 3.22. The van der Waals surface area contributed by atoms with Gasteiger partial charge in [-0.3, -0.25) is 4.79 Å². The number of thiophene rings is 1. The van der Waals surface area contributed by atoms with Crippen molar-refractivity contribution < 1.29 is 14.3 Å². The van der Waals surface area contributed by atoms with Crippen LogP contribution in [-0.2, 0) is 0 Å². The molecule has 3 rings (SSSR count). The third-order valence-electron chi connectivity index (χ3n) is 4.04. The van der Waals surface area contributed by atoms with Gasteiger partial charge in [-0.1, -0.05) is 23.7 Å². The summed E-state index contributed by atoms with van der Waals surface area (Å²) in [4.78, 5) is 14.6. The van der Waals surface area contributed by atoms with E-state index in [-0.39, 0.29) is 11.0 Å². The average Bonchev–Trinajstić information content (AvgIpc) is 3.23. The van der Waals surface area contributed by atoms with E-state index in [1.807, 2.05) is 60.0 Å². The Bertz CT molecular complexity index is 892. The molecule has 3 aromatic rings. The van der Waals surface area contributed by atoms with Crippen LogP contribution in [-0.4, -0.2) is 20.0 Å². The first-order valence-corrected chi connectivity index (χ1v) is 10.4. The van der Waals surface area contributed by atoms with Gasteiger partial charge in [-0.2, -0.15) is 0 Å². The van der Waals surface area contributed by atoms with Crippen molar-refractivity contribution in [3.63, 3.8) is 0 Å². The van der Waals surface area contributed by atoms with Gasteiger partial charge < -0.3 is 9.47 Å². The van der Waals surface area contributed by atoms with Gasteiger partial charge in [0.05, 0.1) is 19.1 Å². The maximum absolute atomic E-state index is 12.7. The standard InChI is InChI=1S/C21H19ClO3S2/c1-24-18-10-5-14(12-19(18)25-2)21(13-17(23)20-4-3-11-26-20)27-16-8-6-15(22)7-9-16/h3-12,21H,13H2,1-2H3. The molecule has 140 valence electrons. The number of rotatable bonds is 8. The van der Waals surface area contributed by atoms with Gasteiger partial charge in [-0.15, -0.1) is 23.1 Å². The zero-order valence-electron chi connectivity index (χ0n) is 15.0. The molecule has 1 unspecified atom stereocenters. The summed E-state index contributed by atoms with van der Waals surface area (Å²) in [5, 5.41) is 2.56. The topological polar surface area (TPSA) is 35.5 Å². The monoisotopic (exact) mass is 418 g/mol. The summed E-state index contributed by atoms with van der Waals surface area (Å²) < 4.78 is 10.8. The van der Waals surface area contributed by atoms with Gasteiger partial charge in [0, 0.05) is 21.6 Å². The van der Waals surface area contributed by atoms with Crippen LogP contribution in [0.2, 0.25) is 5.02 Å². The maximum atomic E-state index is 12.7. The molecule has 6 heteroatoms. The van der Waals surface area contributed by atoms with Crippen LogP contribution in [0.15, 0.2) is 64.9 Å². The molecule has 0 aliphatic carbocycles. The van der Waals surface area contributed by atoms with Crippen molar-refractivity contribution in [3.8, 4) is 11.5 Å². The number of Topliss-reactive ketones (excluding diaryl/α,β-unsaturated/α-hetero) is 1. The number of carbonyl (C=O) groups excluding carboxylic acids is 1. The molecule has 0 aliphatic heterocycles. The van der Waals surface area contributed by atoms with Gasteiger partial charge >= 0.3 is 0 Å². The molecule has 0 saturated heterocycles. The first kappa shape index (κ1) is 19.8. The van der Waals surface area contributed by atoms with Crippen LogP contribution >= 0.6 is 34.7 Å². The van der Waals surface area contributed by atoms with Crippen LogP contribution in [0.1, 0.15) is 26.9 Å². The number of ether oxygens (including phenoxy) is 2. The first-order valence-electron chi connectivity index (χ1n) is 8.31. The van der Waals surface area contributed by atoms with E-state index in [2.05, 4.69) is 0 Å². The molecule has 0 saturated carbocycles. The summed E-state index contributed by atoms with van der Waals surface area (Å²) >= 11 is 9.10. The van der Waals surface area contributed by atoms with Crippen LogP contribution in [0.5, 0.6) is 11.5 Å². The molecule has 27 heavy (non-hydrogen) atoms. The highest BCUT2D eigenvalue weighted by molar-refractivity contribution is 7.99. The molecule has 0 amide bonds. The van der Waals surface area contributed by atoms with Crippen LogP contribution in [0.25, 0.3) is 0 Å². The van der Waals surface area contributed by atoms with Crippen molar-refractivity contribution in [1.82, 2.24) is 0 Å². The second-order valence-corrected chi connectivity index (χ2v) is 8.44. The lowest BCUT2D eigenvalue weighted by Gasteiger charge is -2.18. The van der Waals surface area contributed by atoms with Crippen molar-refractivity contribution in [2.24, 2.45) is 0 Å². The SMILES string of the molecule is COc1ccc(C(CC(=O)c2cccs2)Sc2ccc(Cl)cc2)cc1OC. The van der Waals surface area contributed by atoms with E-state index in [1.165, 1.54) is 11.3 Å². The molecule has 0 radical (unpaired) electrons. The number of benzene rings is 2. The average molecular weight is 419 g/mol. The summed E-state index contributed by atoms with van der Waals surface area (Å²) in [6, 6.07) is 17.2. The molecular weight excluding hydrogens is 400 g/mol. The predicted octanol–water partition coefficient (Wildman–Crippen LogP) is 6.53. The lowest BCUT2D eigenvalue weighted by molar-refractivity contribution is 0.0986. The summed E-state index contributed by atoms with van der Waals surface area (Å²) in [6.45, 7) is 0. The molecule has 0 spiro atoms. The molecule has 1 aromatic heterocycles. The summed E-state index contributed by atoms with van der Waals surface area (Å²) in [5.41, 5.74) is 1.01. The van der Waals surface area contributed by atoms with Gasteiger partial charge in [0.1, 0.15) is 0 Å². The van der Waals surface area contributed by atoms with Crippen LogP contribution in [0.3, 0.4) is 0 Å². The van der Waals surface area contributed by atoms with Crippen molar-refractivity contribution >= 4 is 40.5 Å². The fourth-order valence-electron chi connectivity index (χ4n) is 2.66. The predicted molar refractivity (Wildman–Crippen MR) is 113 cm³/mol. The Morgan fingerprint density at radius 3 is 2.44 bits per heavy atom. The smallest absolute Gasteiger partial charge is 0.174 e. The van der Waals surface area contributed by atoms with E-state index in [1.54, 1.807) is 26.0 Å². The Balaban J connectivity index is 1.91. The van der Waals surface area contributed by atoms with Crippen LogP contribution in [0, 0.1) is 0 Å². The zero-order chi connectivity index (χ0) is 19.2. The van der Waals surface area contributed by atoms with Crippen LogP contribution < -0.4 is 9.47 Å². The van der Waals surface area contributed by atoms with E-state index >= 15 is 0 Å². The molecule has 0 aliphatic rings. The number of methoxy groups -OCH3 is 2. The third-order valence-corrected chi connectivity index (χ3v) is 6.47. The van der Waals surface area contributed by atoms with Crippen molar-refractivity contribution in [1.29, 1.82) is 0 Å². The van der Waals surface area contributed by atoms with Gasteiger partial charge in [-0.25, -0.2) is 0 Å². The Morgan fingerprint density at radius 2 is 1.81 bits per heavy atom. The highest BCUT2D eigenvalue weighted by atomic mass is 35.5. The van der Waals surface area contributed by atoms with E-state index in [4.69, 9.17) is 21.1 Å². The number of halogens is 1. The minimum Gasteiger partial charge on any atom is -0.493 e. The fraction of sp³-hybridized carbons (Fsp3) is 0.190. The second kappa shape index (κ2) is 9.31. The van der Waals surface area contributed by atoms with Gasteiger partial charge in [0.25, 0.3) is 0 Å². The van der Waals surface area contributed by atoms with E-state index in [0.717, 1.165) is 15.3 Å². The normalized spacial score (nSPS) is 11.8. The Labute approximate surface area is 172 Å². The van der Waals surface area contributed by atoms with Crippen molar-refractivity contribution in [3.05, 3.63) is 75.4 Å². The van der Waals surface area contributed by atoms with Crippen molar-refractivity contribution in [2.75, 3.05) is 14.2 Å². The molecule has 1 atom stereocenters. The number of carbonyl (C=O) groups is 1. The quantitative estimate of drug-likeness (QED) is 0.308. The fourth-order valence-corrected chi connectivity index (χ4v) is 4.61. The van der Waals surface area contributed by atoms with Gasteiger partial charge in [0.2, 0.25) is 0 Å². The minimum atomic E-state index is -0.0550. The number of hydrogen-bond donors (Lipinski definition) is 0. The second-order valence-electron chi connectivity index (χ2n) is 5.78. The van der Waals surface area contributed by atoms with E-state index in [9.17, 15) is 4.79 Å². The Morgan fingerprint density at radius 1 is 1.07 bits per heavy atom. The largest absolute Gasteiger partial charge is 0.493 e. The van der Waals surface area contributed by atoms with E-state index < -0.39 is 0 Å². The summed E-state index contributed by atoms with van der Waals surface area (Å²) in [6.07, 6.45) is 0.392. The zero-order valence-corrected chi connectivity index (χ0v) is 17.4. The Kier molecular flexibility index (Phi) is 6.83. The molecular formula is C21H19ClO3S2. The molecule has 2 aromatic carbocycles. The highest BCUT2D eigenvalue weighted by Crippen LogP contribution is 2.42. The number of hydrogen-bond acceptors (Lipinski definition) is 5.